The minimum absolute atomic E-state index is 0.0312. The van der Waals surface area contributed by atoms with Crippen LogP contribution in [0.15, 0.2) is 22.8 Å². The maximum atomic E-state index is 12.2. The lowest BCUT2D eigenvalue weighted by atomic mass is 10.00. The van der Waals surface area contributed by atoms with E-state index in [2.05, 4.69) is 5.32 Å². The summed E-state index contributed by atoms with van der Waals surface area (Å²) in [5.74, 6) is 0.771. The van der Waals surface area contributed by atoms with E-state index in [1.165, 1.54) is 0 Å². The van der Waals surface area contributed by atoms with Crippen molar-refractivity contribution in [3.05, 3.63) is 24.2 Å². The zero-order valence-electron chi connectivity index (χ0n) is 13.3. The lowest BCUT2D eigenvalue weighted by Gasteiger charge is -2.30. The van der Waals surface area contributed by atoms with Crippen molar-refractivity contribution in [2.45, 2.75) is 51.8 Å². The van der Waals surface area contributed by atoms with Crippen molar-refractivity contribution >= 4 is 6.03 Å². The number of hydrogen-bond donors (Lipinski definition) is 1. The van der Waals surface area contributed by atoms with Crippen molar-refractivity contribution in [1.82, 2.24) is 10.2 Å². The van der Waals surface area contributed by atoms with E-state index in [1.54, 1.807) is 25.3 Å². The number of nitrogens with one attached hydrogen (secondary N) is 1. The van der Waals surface area contributed by atoms with Gasteiger partial charge in [0, 0.05) is 20.2 Å². The van der Waals surface area contributed by atoms with Crippen LogP contribution in [0.1, 0.15) is 45.9 Å². The third-order valence-electron chi connectivity index (χ3n) is 3.58. The standard InChI is InChI=1S/C15H26N2O3/c1-11(10-15(3,4)19-6)16-14(18)17(5)12(2)13-8-7-9-20-13/h7-9,11-12H,10H2,1-6H3,(H,16,18)/t11-,12+/m1/s1. The number of furan rings is 1. The van der Waals surface area contributed by atoms with Gasteiger partial charge < -0.3 is 19.4 Å². The normalized spacial score (nSPS) is 14.7. The molecule has 1 aromatic heterocycles. The maximum absolute atomic E-state index is 12.2. The Labute approximate surface area is 121 Å². The fourth-order valence-electron chi connectivity index (χ4n) is 2.08. The summed E-state index contributed by atoms with van der Waals surface area (Å²) in [6.45, 7) is 7.92. The summed E-state index contributed by atoms with van der Waals surface area (Å²) < 4.78 is 10.7. The van der Waals surface area contributed by atoms with Crippen LogP contribution in [0.3, 0.4) is 0 Å². The van der Waals surface area contributed by atoms with E-state index in [4.69, 9.17) is 9.15 Å². The first kappa shape index (κ1) is 16.6. The Balaban J connectivity index is 2.53. The van der Waals surface area contributed by atoms with Crippen LogP contribution in [0.25, 0.3) is 0 Å². The zero-order valence-corrected chi connectivity index (χ0v) is 13.3. The van der Waals surface area contributed by atoms with E-state index in [0.29, 0.717) is 0 Å². The summed E-state index contributed by atoms with van der Waals surface area (Å²) in [6, 6.07) is 3.50. The molecule has 0 spiro atoms. The maximum Gasteiger partial charge on any atom is 0.317 e. The van der Waals surface area contributed by atoms with Gasteiger partial charge in [-0.2, -0.15) is 0 Å². The second-order valence-corrected chi connectivity index (χ2v) is 5.82. The van der Waals surface area contributed by atoms with Crippen molar-refractivity contribution in [1.29, 1.82) is 0 Å². The fourth-order valence-corrected chi connectivity index (χ4v) is 2.08. The summed E-state index contributed by atoms with van der Waals surface area (Å²) >= 11 is 0. The first-order valence-electron chi connectivity index (χ1n) is 6.88. The molecule has 0 unspecified atom stereocenters. The molecule has 1 heterocycles. The summed E-state index contributed by atoms with van der Waals surface area (Å²) in [7, 11) is 3.44. The predicted octanol–water partition coefficient (Wildman–Crippen LogP) is 3.19. The molecule has 0 bridgehead atoms. The minimum Gasteiger partial charge on any atom is -0.467 e. The number of nitrogens with zero attached hydrogens (tertiary/aromatic N) is 1. The molecule has 0 radical (unpaired) electrons. The molecule has 0 saturated heterocycles. The summed E-state index contributed by atoms with van der Waals surface area (Å²) in [5.41, 5.74) is -0.252. The van der Waals surface area contributed by atoms with E-state index in [-0.39, 0.29) is 23.7 Å². The van der Waals surface area contributed by atoms with E-state index in [9.17, 15) is 4.79 Å². The Morgan fingerprint density at radius 3 is 2.65 bits per heavy atom. The van der Waals surface area contributed by atoms with Gasteiger partial charge in [-0.25, -0.2) is 4.79 Å². The molecule has 5 heteroatoms. The molecule has 2 atom stereocenters. The van der Waals surface area contributed by atoms with Gasteiger partial charge in [-0.15, -0.1) is 0 Å². The van der Waals surface area contributed by atoms with E-state index in [0.717, 1.165) is 12.2 Å². The number of ether oxygens (including phenoxy) is 1. The van der Waals surface area contributed by atoms with Gasteiger partial charge in [0.2, 0.25) is 0 Å². The largest absolute Gasteiger partial charge is 0.467 e. The van der Waals surface area contributed by atoms with Crippen LogP contribution in [0.2, 0.25) is 0 Å². The molecule has 1 N–H and O–H groups in total. The van der Waals surface area contributed by atoms with Crippen molar-refractivity contribution in [3.63, 3.8) is 0 Å². The summed E-state index contributed by atoms with van der Waals surface area (Å²) in [5, 5.41) is 2.98. The van der Waals surface area contributed by atoms with Gasteiger partial charge in [-0.05, 0) is 46.2 Å². The molecule has 0 aliphatic heterocycles. The highest BCUT2D eigenvalue weighted by Gasteiger charge is 2.24. The van der Waals surface area contributed by atoms with Crippen molar-refractivity contribution in [2.24, 2.45) is 0 Å². The number of carbonyl (C=O) groups is 1. The number of rotatable bonds is 6. The lowest BCUT2D eigenvalue weighted by Crippen LogP contribution is -2.45. The molecule has 0 aliphatic rings. The van der Waals surface area contributed by atoms with Crippen molar-refractivity contribution < 1.29 is 13.9 Å². The molecule has 1 rings (SSSR count). The van der Waals surface area contributed by atoms with Gasteiger partial charge >= 0.3 is 6.03 Å². The van der Waals surface area contributed by atoms with Crippen LogP contribution in [0.4, 0.5) is 4.79 Å². The van der Waals surface area contributed by atoms with Gasteiger partial charge in [-0.1, -0.05) is 0 Å². The molecule has 0 aromatic carbocycles. The van der Waals surface area contributed by atoms with E-state index in [1.807, 2.05) is 39.8 Å². The smallest absolute Gasteiger partial charge is 0.317 e. The molecule has 0 aliphatic carbocycles. The van der Waals surface area contributed by atoms with Crippen LogP contribution in [-0.2, 0) is 4.74 Å². The molecule has 114 valence electrons. The Bertz CT molecular complexity index is 415. The Morgan fingerprint density at radius 2 is 2.15 bits per heavy atom. The number of urea groups is 1. The van der Waals surface area contributed by atoms with Gasteiger partial charge in [0.25, 0.3) is 0 Å². The molecule has 0 saturated carbocycles. The Kier molecular flexibility index (Phi) is 5.62. The van der Waals surface area contributed by atoms with Crippen LogP contribution in [0, 0.1) is 0 Å². The third kappa shape index (κ3) is 4.56. The first-order valence-corrected chi connectivity index (χ1v) is 6.88. The van der Waals surface area contributed by atoms with Gasteiger partial charge in [-0.3, -0.25) is 0 Å². The van der Waals surface area contributed by atoms with Crippen molar-refractivity contribution in [2.75, 3.05) is 14.2 Å². The first-order chi connectivity index (χ1) is 9.26. The van der Waals surface area contributed by atoms with Gasteiger partial charge in [0.1, 0.15) is 5.76 Å². The number of methoxy groups -OCH3 is 1. The minimum atomic E-state index is -0.252. The summed E-state index contributed by atoms with van der Waals surface area (Å²) in [6.07, 6.45) is 2.36. The Morgan fingerprint density at radius 1 is 1.50 bits per heavy atom. The second-order valence-electron chi connectivity index (χ2n) is 5.82. The molecular formula is C15H26N2O3. The lowest BCUT2D eigenvalue weighted by molar-refractivity contribution is 0.00909. The summed E-state index contributed by atoms with van der Waals surface area (Å²) in [4.78, 5) is 13.8. The van der Waals surface area contributed by atoms with Crippen LogP contribution >= 0.6 is 0 Å². The molecule has 20 heavy (non-hydrogen) atoms. The number of amides is 2. The van der Waals surface area contributed by atoms with Crippen LogP contribution in [-0.4, -0.2) is 36.7 Å². The quantitative estimate of drug-likeness (QED) is 0.871. The third-order valence-corrected chi connectivity index (χ3v) is 3.58. The predicted molar refractivity (Wildman–Crippen MR) is 78.6 cm³/mol. The Hall–Kier alpha value is -1.49. The second kappa shape index (κ2) is 6.79. The monoisotopic (exact) mass is 282 g/mol. The molecule has 0 fully saturated rings. The van der Waals surface area contributed by atoms with Gasteiger partial charge in [0.05, 0.1) is 17.9 Å². The SMILES string of the molecule is COC(C)(C)C[C@@H](C)NC(=O)N(C)[C@@H](C)c1ccco1. The number of carbonyl (C=O) groups excluding carboxylic acids is 1. The van der Waals surface area contributed by atoms with Gasteiger partial charge in [0.15, 0.2) is 0 Å². The molecular weight excluding hydrogens is 256 g/mol. The van der Waals surface area contributed by atoms with Crippen LogP contribution < -0.4 is 5.32 Å². The molecule has 1 aromatic rings. The average Bonchev–Trinajstić information content (AvgIpc) is 2.89. The molecule has 5 nitrogen and oxygen atoms in total. The van der Waals surface area contributed by atoms with E-state index >= 15 is 0 Å². The zero-order chi connectivity index (χ0) is 15.3. The topological polar surface area (TPSA) is 54.7 Å². The highest BCUT2D eigenvalue weighted by Crippen LogP contribution is 2.20. The fraction of sp³-hybridized carbons (Fsp3) is 0.667. The number of hydrogen-bond acceptors (Lipinski definition) is 3. The van der Waals surface area contributed by atoms with Crippen molar-refractivity contribution in [3.8, 4) is 0 Å². The van der Waals surface area contributed by atoms with Crippen LogP contribution in [0.5, 0.6) is 0 Å². The highest BCUT2D eigenvalue weighted by molar-refractivity contribution is 5.74. The van der Waals surface area contributed by atoms with E-state index < -0.39 is 0 Å². The highest BCUT2D eigenvalue weighted by atomic mass is 16.5. The molecule has 2 amide bonds. The average molecular weight is 282 g/mol.